The summed E-state index contributed by atoms with van der Waals surface area (Å²) in [6, 6.07) is 10.3. The Morgan fingerprint density at radius 3 is 2.77 bits per heavy atom. The molecule has 2 fully saturated rings. The number of aromatic nitrogens is 1. The Bertz CT molecular complexity index is 700. The molecule has 2 saturated heterocycles. The van der Waals surface area contributed by atoms with E-state index in [0.29, 0.717) is 0 Å². The Hall–Kier alpha value is -1.80. The van der Waals surface area contributed by atoms with E-state index in [1.807, 2.05) is 23.2 Å². The number of thiophene rings is 1. The van der Waals surface area contributed by atoms with Gasteiger partial charge >= 0.3 is 0 Å². The molecule has 2 aliphatic heterocycles. The van der Waals surface area contributed by atoms with E-state index in [9.17, 15) is 4.79 Å². The molecule has 0 radical (unpaired) electrons. The van der Waals surface area contributed by atoms with Crippen molar-refractivity contribution in [2.24, 2.45) is 0 Å². The number of hydrogen-bond acceptors (Lipinski definition) is 6. The maximum Gasteiger partial charge on any atom is 0.241 e. The molecule has 2 unspecified atom stereocenters. The average molecular weight is 372 g/mol. The molecule has 0 bridgehead atoms. The van der Waals surface area contributed by atoms with Gasteiger partial charge in [-0.15, -0.1) is 11.3 Å². The van der Waals surface area contributed by atoms with Gasteiger partial charge in [0.15, 0.2) is 0 Å². The normalized spacial score (nSPS) is 24.1. The van der Waals surface area contributed by atoms with Gasteiger partial charge in [-0.05, 0) is 30.0 Å². The summed E-state index contributed by atoms with van der Waals surface area (Å²) >= 11 is 1.73. The molecule has 2 aromatic heterocycles. The third kappa shape index (κ3) is 4.12. The summed E-state index contributed by atoms with van der Waals surface area (Å²) in [4.78, 5) is 22.9. The van der Waals surface area contributed by atoms with Gasteiger partial charge in [0.1, 0.15) is 6.04 Å². The highest BCUT2D eigenvalue weighted by molar-refractivity contribution is 7.10. The van der Waals surface area contributed by atoms with Crippen LogP contribution in [0.15, 0.2) is 41.9 Å². The van der Waals surface area contributed by atoms with Crippen molar-refractivity contribution in [3.63, 3.8) is 0 Å². The Morgan fingerprint density at radius 1 is 1.15 bits per heavy atom. The first-order valence-corrected chi connectivity index (χ1v) is 10.1. The number of nitrogens with zero attached hydrogens (tertiary/aromatic N) is 3. The van der Waals surface area contributed by atoms with Crippen LogP contribution >= 0.6 is 11.3 Å². The van der Waals surface area contributed by atoms with Gasteiger partial charge in [-0.3, -0.25) is 14.7 Å². The number of rotatable bonds is 5. The summed E-state index contributed by atoms with van der Waals surface area (Å²) in [6.07, 6.45) is 3.63. The Balaban J connectivity index is 1.22. The molecule has 0 saturated carbocycles. The molecule has 4 rings (SSSR count). The summed E-state index contributed by atoms with van der Waals surface area (Å²) < 4.78 is 0. The minimum atomic E-state index is -0.123. The molecule has 2 aliphatic rings. The minimum absolute atomic E-state index is 0.123. The molecule has 1 amide bonds. The van der Waals surface area contributed by atoms with Crippen LogP contribution in [0.3, 0.4) is 0 Å². The van der Waals surface area contributed by atoms with Crippen LogP contribution in [0.4, 0.5) is 0 Å². The van der Waals surface area contributed by atoms with Crippen LogP contribution in [0, 0.1) is 0 Å². The van der Waals surface area contributed by atoms with E-state index in [2.05, 4.69) is 44.3 Å². The predicted molar refractivity (Wildman–Crippen MR) is 103 cm³/mol. The predicted octanol–water partition coefficient (Wildman–Crippen LogP) is 1.44. The molecule has 0 spiro atoms. The van der Waals surface area contributed by atoms with Crippen LogP contribution in [-0.2, 0) is 11.2 Å². The summed E-state index contributed by atoms with van der Waals surface area (Å²) in [6.45, 7) is 4.49. The highest BCUT2D eigenvalue weighted by Crippen LogP contribution is 2.26. The van der Waals surface area contributed by atoms with E-state index < -0.39 is 0 Å². The standard InChI is InChI=1S/C19H25N5OS/c25-19(17-14-16(21-22-17)18-5-3-13-26-18)24-11-9-23(10-12-24)8-6-15-4-1-2-7-20-15/h1-5,7,13,16-17,21-22H,6,8-12,14H2. The first kappa shape index (κ1) is 17.6. The Morgan fingerprint density at radius 2 is 2.04 bits per heavy atom. The largest absolute Gasteiger partial charge is 0.339 e. The number of piperazine rings is 1. The smallest absolute Gasteiger partial charge is 0.241 e. The lowest BCUT2D eigenvalue weighted by Gasteiger charge is -2.35. The Kier molecular flexibility index (Phi) is 5.59. The van der Waals surface area contributed by atoms with Crippen molar-refractivity contribution >= 4 is 17.2 Å². The van der Waals surface area contributed by atoms with Gasteiger partial charge in [0, 0.05) is 55.9 Å². The van der Waals surface area contributed by atoms with Gasteiger partial charge in [0.2, 0.25) is 5.91 Å². The highest BCUT2D eigenvalue weighted by atomic mass is 32.1. The van der Waals surface area contributed by atoms with Crippen molar-refractivity contribution in [2.45, 2.75) is 24.9 Å². The highest BCUT2D eigenvalue weighted by Gasteiger charge is 2.34. The number of hydrazine groups is 1. The lowest BCUT2D eigenvalue weighted by atomic mass is 10.1. The second-order valence-electron chi connectivity index (χ2n) is 6.88. The van der Waals surface area contributed by atoms with Crippen molar-refractivity contribution in [2.75, 3.05) is 32.7 Å². The second-order valence-corrected chi connectivity index (χ2v) is 7.86. The molecule has 138 valence electrons. The number of nitrogens with one attached hydrogen (secondary N) is 2. The van der Waals surface area contributed by atoms with Crippen LogP contribution in [0.1, 0.15) is 23.0 Å². The first-order chi connectivity index (χ1) is 12.8. The molecule has 2 N–H and O–H groups in total. The minimum Gasteiger partial charge on any atom is -0.339 e. The van der Waals surface area contributed by atoms with Crippen LogP contribution < -0.4 is 10.9 Å². The number of carbonyl (C=O) groups is 1. The SMILES string of the molecule is O=C(C1CC(c2cccs2)NN1)N1CCN(CCc2ccccn2)CC1. The molecule has 0 aromatic carbocycles. The fourth-order valence-electron chi connectivity index (χ4n) is 3.63. The fraction of sp³-hybridized carbons (Fsp3) is 0.474. The monoisotopic (exact) mass is 371 g/mol. The number of amides is 1. The molecular formula is C19H25N5OS. The fourth-order valence-corrected chi connectivity index (χ4v) is 4.42. The van der Waals surface area contributed by atoms with E-state index in [1.54, 1.807) is 11.3 Å². The Labute approximate surface area is 158 Å². The number of pyridine rings is 1. The molecular weight excluding hydrogens is 346 g/mol. The van der Waals surface area contributed by atoms with Crippen LogP contribution in [0.2, 0.25) is 0 Å². The molecule has 4 heterocycles. The van der Waals surface area contributed by atoms with E-state index in [-0.39, 0.29) is 18.0 Å². The topological polar surface area (TPSA) is 60.5 Å². The van der Waals surface area contributed by atoms with Gasteiger partial charge in [-0.2, -0.15) is 0 Å². The maximum atomic E-state index is 12.8. The van der Waals surface area contributed by atoms with E-state index >= 15 is 0 Å². The summed E-state index contributed by atoms with van der Waals surface area (Å²) in [5.41, 5.74) is 7.60. The lowest BCUT2D eigenvalue weighted by molar-refractivity contribution is -0.134. The first-order valence-electron chi connectivity index (χ1n) is 9.25. The molecule has 2 atom stereocenters. The van der Waals surface area contributed by atoms with Gasteiger partial charge in [0.05, 0.1) is 6.04 Å². The van der Waals surface area contributed by atoms with Gasteiger partial charge in [0.25, 0.3) is 0 Å². The summed E-state index contributed by atoms with van der Waals surface area (Å²) in [5, 5.41) is 2.08. The molecule has 7 heteroatoms. The van der Waals surface area contributed by atoms with Crippen LogP contribution in [0.5, 0.6) is 0 Å². The summed E-state index contributed by atoms with van der Waals surface area (Å²) in [5.74, 6) is 0.223. The van der Waals surface area contributed by atoms with Gasteiger partial charge < -0.3 is 4.90 Å². The quantitative estimate of drug-likeness (QED) is 0.833. The zero-order chi connectivity index (χ0) is 17.8. The number of carbonyl (C=O) groups excluding carboxylic acids is 1. The van der Waals surface area contributed by atoms with Gasteiger partial charge in [-0.25, -0.2) is 10.9 Å². The molecule has 26 heavy (non-hydrogen) atoms. The zero-order valence-electron chi connectivity index (χ0n) is 14.8. The second kappa shape index (κ2) is 8.26. The van der Waals surface area contributed by atoms with Crippen molar-refractivity contribution in [1.29, 1.82) is 0 Å². The maximum absolute atomic E-state index is 12.8. The van der Waals surface area contributed by atoms with Crippen LogP contribution in [0.25, 0.3) is 0 Å². The van der Waals surface area contributed by atoms with Crippen molar-refractivity contribution in [3.05, 3.63) is 52.5 Å². The van der Waals surface area contributed by atoms with Gasteiger partial charge in [-0.1, -0.05) is 12.1 Å². The molecule has 6 nitrogen and oxygen atoms in total. The van der Waals surface area contributed by atoms with E-state index in [0.717, 1.165) is 51.3 Å². The van der Waals surface area contributed by atoms with Crippen molar-refractivity contribution < 1.29 is 4.79 Å². The lowest BCUT2D eigenvalue weighted by Crippen LogP contribution is -2.53. The summed E-state index contributed by atoms with van der Waals surface area (Å²) in [7, 11) is 0. The number of hydrogen-bond donors (Lipinski definition) is 2. The average Bonchev–Trinajstić information content (AvgIpc) is 3.38. The van der Waals surface area contributed by atoms with Crippen LogP contribution in [-0.4, -0.2) is 59.5 Å². The molecule has 2 aromatic rings. The van der Waals surface area contributed by atoms with E-state index in [1.165, 1.54) is 4.88 Å². The molecule has 0 aliphatic carbocycles. The van der Waals surface area contributed by atoms with E-state index in [4.69, 9.17) is 0 Å². The zero-order valence-corrected chi connectivity index (χ0v) is 15.6. The third-order valence-corrected chi connectivity index (χ3v) is 6.17. The van der Waals surface area contributed by atoms with Crippen molar-refractivity contribution in [1.82, 2.24) is 25.6 Å². The third-order valence-electron chi connectivity index (χ3n) is 5.18. The van der Waals surface area contributed by atoms with Crippen molar-refractivity contribution in [3.8, 4) is 0 Å².